The van der Waals surface area contributed by atoms with Gasteiger partial charge in [0, 0.05) is 17.0 Å². The van der Waals surface area contributed by atoms with Crippen LogP contribution in [0.15, 0.2) is 78.9 Å². The summed E-state index contributed by atoms with van der Waals surface area (Å²) >= 11 is 0. The molecule has 0 saturated heterocycles. The lowest BCUT2D eigenvalue weighted by atomic mass is 9.84. The molecule has 0 saturated carbocycles. The van der Waals surface area contributed by atoms with Crippen LogP contribution in [0.3, 0.4) is 0 Å². The van der Waals surface area contributed by atoms with Crippen molar-refractivity contribution in [1.82, 2.24) is 0 Å². The topological polar surface area (TPSA) is 72.8 Å². The van der Waals surface area contributed by atoms with Gasteiger partial charge in [0.1, 0.15) is 18.1 Å². The van der Waals surface area contributed by atoms with Crippen LogP contribution in [0.4, 0.5) is 0 Å². The summed E-state index contributed by atoms with van der Waals surface area (Å²) < 4.78 is 11.3. The Kier molecular flexibility index (Phi) is 7.44. The number of ketones is 1. The zero-order valence-electron chi connectivity index (χ0n) is 17.7. The van der Waals surface area contributed by atoms with Crippen molar-refractivity contribution < 1.29 is 24.2 Å². The van der Waals surface area contributed by atoms with E-state index in [1.807, 2.05) is 54.6 Å². The number of Topliss-reactive ketones (excluding diaryl/α,β-unsaturated/α-hetero) is 1. The molecule has 3 aromatic rings. The fourth-order valence-corrected chi connectivity index (χ4v) is 3.46. The summed E-state index contributed by atoms with van der Waals surface area (Å²) in [4.78, 5) is 24.8. The first-order valence-electron chi connectivity index (χ1n) is 10.2. The van der Waals surface area contributed by atoms with E-state index < -0.39 is 17.8 Å². The molecular formula is C26H26O5. The normalized spacial score (nSPS) is 12.6. The number of aliphatic carboxylic acids is 1. The van der Waals surface area contributed by atoms with Crippen LogP contribution < -0.4 is 9.47 Å². The van der Waals surface area contributed by atoms with Crippen LogP contribution >= 0.6 is 0 Å². The summed E-state index contributed by atoms with van der Waals surface area (Å²) in [7, 11) is 1.61. The van der Waals surface area contributed by atoms with E-state index >= 15 is 0 Å². The molecule has 0 aromatic heterocycles. The Morgan fingerprint density at radius 1 is 0.935 bits per heavy atom. The molecular weight excluding hydrogens is 392 g/mol. The average molecular weight is 418 g/mol. The number of ether oxygens (including phenoxy) is 2. The molecule has 0 heterocycles. The number of hydrogen-bond acceptors (Lipinski definition) is 4. The number of carbonyl (C=O) groups is 2. The van der Waals surface area contributed by atoms with Gasteiger partial charge >= 0.3 is 5.97 Å². The van der Waals surface area contributed by atoms with E-state index in [-0.39, 0.29) is 12.2 Å². The highest BCUT2D eigenvalue weighted by Gasteiger charge is 2.27. The van der Waals surface area contributed by atoms with Gasteiger partial charge in [0.05, 0.1) is 13.0 Å². The fourth-order valence-electron chi connectivity index (χ4n) is 3.46. The molecule has 2 atom stereocenters. The van der Waals surface area contributed by atoms with E-state index in [2.05, 4.69) is 0 Å². The molecule has 0 aliphatic rings. The Morgan fingerprint density at radius 2 is 1.65 bits per heavy atom. The summed E-state index contributed by atoms with van der Waals surface area (Å²) in [6.07, 6.45) is 0.227. The van der Waals surface area contributed by atoms with Crippen LogP contribution in [-0.4, -0.2) is 24.0 Å². The Morgan fingerprint density at radius 3 is 2.35 bits per heavy atom. The molecule has 2 unspecified atom stereocenters. The van der Waals surface area contributed by atoms with Gasteiger partial charge in [0.15, 0.2) is 5.78 Å². The summed E-state index contributed by atoms with van der Waals surface area (Å²) in [6.45, 7) is 1.93. The minimum absolute atomic E-state index is 0.123. The molecule has 5 heteroatoms. The molecule has 3 aromatic carbocycles. The van der Waals surface area contributed by atoms with Gasteiger partial charge in [-0.05, 0) is 30.2 Å². The molecule has 0 aliphatic carbocycles. The van der Waals surface area contributed by atoms with Gasteiger partial charge in [-0.1, -0.05) is 67.6 Å². The van der Waals surface area contributed by atoms with Crippen molar-refractivity contribution in [1.29, 1.82) is 0 Å². The highest BCUT2D eigenvalue weighted by molar-refractivity contribution is 6.01. The number of hydrogen-bond donors (Lipinski definition) is 1. The van der Waals surface area contributed by atoms with E-state index in [0.717, 1.165) is 16.9 Å². The first kappa shape index (κ1) is 22.1. The summed E-state index contributed by atoms with van der Waals surface area (Å²) in [5.41, 5.74) is 2.20. The predicted molar refractivity (Wildman–Crippen MR) is 119 cm³/mol. The molecule has 31 heavy (non-hydrogen) atoms. The second kappa shape index (κ2) is 10.4. The molecule has 0 radical (unpaired) electrons. The quantitative estimate of drug-likeness (QED) is 0.449. The number of para-hydroxylation sites is 1. The lowest BCUT2D eigenvalue weighted by molar-refractivity contribution is -0.141. The Bertz CT molecular complexity index is 1030. The number of benzene rings is 3. The third kappa shape index (κ3) is 5.72. The molecule has 5 nitrogen and oxygen atoms in total. The van der Waals surface area contributed by atoms with E-state index in [0.29, 0.717) is 17.9 Å². The minimum atomic E-state index is -0.914. The first-order chi connectivity index (χ1) is 15.0. The van der Waals surface area contributed by atoms with Gasteiger partial charge in [-0.25, -0.2) is 0 Å². The molecule has 0 fully saturated rings. The molecule has 0 spiro atoms. The maximum absolute atomic E-state index is 13.4. The van der Waals surface area contributed by atoms with Gasteiger partial charge in [-0.15, -0.1) is 0 Å². The van der Waals surface area contributed by atoms with E-state index in [4.69, 9.17) is 9.47 Å². The van der Waals surface area contributed by atoms with Crippen molar-refractivity contribution in [2.45, 2.75) is 25.9 Å². The number of carbonyl (C=O) groups excluding carboxylic acids is 1. The zero-order valence-corrected chi connectivity index (χ0v) is 17.7. The lowest BCUT2D eigenvalue weighted by Gasteiger charge is -2.19. The first-order valence-corrected chi connectivity index (χ1v) is 10.2. The number of methoxy groups -OCH3 is 1. The molecule has 0 bridgehead atoms. The minimum Gasteiger partial charge on any atom is -0.496 e. The third-order valence-electron chi connectivity index (χ3n) is 5.23. The third-order valence-corrected chi connectivity index (χ3v) is 5.23. The number of rotatable bonds is 10. The van der Waals surface area contributed by atoms with Crippen LogP contribution in [0.25, 0.3) is 0 Å². The Balaban J connectivity index is 1.81. The maximum atomic E-state index is 13.4. The van der Waals surface area contributed by atoms with Crippen LogP contribution in [0.1, 0.15) is 40.7 Å². The fraction of sp³-hybridized carbons (Fsp3) is 0.231. The van der Waals surface area contributed by atoms with Crippen molar-refractivity contribution in [2.24, 2.45) is 5.92 Å². The van der Waals surface area contributed by atoms with Crippen molar-refractivity contribution in [3.8, 4) is 11.5 Å². The van der Waals surface area contributed by atoms with Gasteiger partial charge in [-0.3, -0.25) is 9.59 Å². The van der Waals surface area contributed by atoms with Gasteiger partial charge < -0.3 is 14.6 Å². The standard InChI is InChI=1S/C26H26O5/c1-18(26(28)29)15-23(19-9-4-3-5-10-19)25(27)20-12-8-13-22(16-20)31-17-21-11-6-7-14-24(21)30-2/h3-14,16,18,23H,15,17H2,1-2H3,(H,28,29). The van der Waals surface area contributed by atoms with Crippen molar-refractivity contribution in [2.75, 3.05) is 7.11 Å². The van der Waals surface area contributed by atoms with Crippen LogP contribution in [0, 0.1) is 5.92 Å². The molecule has 0 amide bonds. The number of carboxylic acid groups (broad SMARTS) is 1. The monoisotopic (exact) mass is 418 g/mol. The molecule has 3 rings (SSSR count). The second-order valence-corrected chi connectivity index (χ2v) is 7.43. The maximum Gasteiger partial charge on any atom is 0.306 e. The van der Waals surface area contributed by atoms with Crippen molar-refractivity contribution in [3.05, 3.63) is 95.6 Å². The largest absolute Gasteiger partial charge is 0.496 e. The summed E-state index contributed by atoms with van der Waals surface area (Å²) in [5.74, 6) is -0.919. The predicted octanol–water partition coefficient (Wildman–Crippen LogP) is 5.35. The molecule has 1 N–H and O–H groups in total. The summed E-state index contributed by atoms with van der Waals surface area (Å²) in [6, 6.07) is 23.9. The van der Waals surface area contributed by atoms with Crippen molar-refractivity contribution in [3.63, 3.8) is 0 Å². The highest BCUT2D eigenvalue weighted by Crippen LogP contribution is 2.29. The SMILES string of the molecule is COc1ccccc1COc1cccc(C(=O)C(CC(C)C(=O)O)c2ccccc2)c1. The Labute approximate surface area is 182 Å². The highest BCUT2D eigenvalue weighted by atomic mass is 16.5. The van der Waals surface area contributed by atoms with Crippen LogP contribution in [-0.2, 0) is 11.4 Å². The second-order valence-electron chi connectivity index (χ2n) is 7.43. The smallest absolute Gasteiger partial charge is 0.306 e. The van der Waals surface area contributed by atoms with E-state index in [1.165, 1.54) is 0 Å². The summed E-state index contributed by atoms with van der Waals surface area (Å²) in [5, 5.41) is 9.35. The van der Waals surface area contributed by atoms with Gasteiger partial charge in [-0.2, -0.15) is 0 Å². The van der Waals surface area contributed by atoms with Gasteiger partial charge in [0.2, 0.25) is 0 Å². The lowest BCUT2D eigenvalue weighted by Crippen LogP contribution is -2.20. The van der Waals surface area contributed by atoms with Crippen LogP contribution in [0.5, 0.6) is 11.5 Å². The van der Waals surface area contributed by atoms with Crippen molar-refractivity contribution >= 4 is 11.8 Å². The average Bonchev–Trinajstić information content (AvgIpc) is 2.81. The number of carboxylic acids is 1. The molecule has 160 valence electrons. The molecule has 0 aliphatic heterocycles. The zero-order chi connectivity index (χ0) is 22.2. The van der Waals surface area contributed by atoms with E-state index in [1.54, 1.807) is 38.3 Å². The van der Waals surface area contributed by atoms with Crippen LogP contribution in [0.2, 0.25) is 0 Å². The van der Waals surface area contributed by atoms with E-state index in [9.17, 15) is 14.7 Å². The Hall–Kier alpha value is -3.60. The van der Waals surface area contributed by atoms with Gasteiger partial charge in [0.25, 0.3) is 0 Å².